The fourth-order valence-corrected chi connectivity index (χ4v) is 2.44. The number of halogens is 1. The standard InChI is InChI=1S/C20H19ClN4O/c1-14-2-4-15(5-3-14)11-23-20-24-12-17(13-25-20)19(26)22-10-16-6-8-18(21)9-7-16/h2-9,12-13H,10-11H2,1H3,(H,22,26)(H,23,24,25). The van der Waals surface area contributed by atoms with Crippen LogP contribution in [0.15, 0.2) is 60.9 Å². The number of aromatic nitrogens is 2. The number of aryl methyl sites for hydroxylation is 1. The molecule has 0 unspecified atom stereocenters. The summed E-state index contributed by atoms with van der Waals surface area (Å²) >= 11 is 5.85. The van der Waals surface area contributed by atoms with Crippen LogP contribution >= 0.6 is 11.6 Å². The van der Waals surface area contributed by atoms with Crippen molar-refractivity contribution < 1.29 is 4.79 Å². The smallest absolute Gasteiger partial charge is 0.254 e. The van der Waals surface area contributed by atoms with E-state index in [-0.39, 0.29) is 5.91 Å². The van der Waals surface area contributed by atoms with Gasteiger partial charge in [-0.25, -0.2) is 9.97 Å². The molecule has 0 saturated carbocycles. The number of rotatable bonds is 6. The minimum Gasteiger partial charge on any atom is -0.350 e. The number of nitrogens with one attached hydrogen (secondary N) is 2. The Bertz CT molecular complexity index is 862. The average molecular weight is 367 g/mol. The van der Waals surface area contributed by atoms with Crippen molar-refractivity contribution in [1.82, 2.24) is 15.3 Å². The molecule has 3 aromatic rings. The van der Waals surface area contributed by atoms with E-state index in [9.17, 15) is 4.79 Å². The number of hydrogen-bond donors (Lipinski definition) is 2. The molecular weight excluding hydrogens is 348 g/mol. The van der Waals surface area contributed by atoms with Gasteiger partial charge in [-0.3, -0.25) is 4.79 Å². The minimum atomic E-state index is -0.218. The van der Waals surface area contributed by atoms with E-state index in [1.165, 1.54) is 18.0 Å². The van der Waals surface area contributed by atoms with E-state index in [0.717, 1.165) is 11.1 Å². The monoisotopic (exact) mass is 366 g/mol. The molecule has 0 aliphatic heterocycles. The Balaban J connectivity index is 1.52. The van der Waals surface area contributed by atoms with Crippen LogP contribution in [0.2, 0.25) is 5.02 Å². The van der Waals surface area contributed by atoms with Crippen LogP contribution in [-0.2, 0) is 13.1 Å². The number of carbonyl (C=O) groups is 1. The Labute approximate surface area is 157 Å². The number of hydrogen-bond acceptors (Lipinski definition) is 4. The van der Waals surface area contributed by atoms with Gasteiger partial charge in [-0.15, -0.1) is 0 Å². The van der Waals surface area contributed by atoms with Crippen molar-refractivity contribution in [2.75, 3.05) is 5.32 Å². The number of carbonyl (C=O) groups excluding carboxylic acids is 1. The highest BCUT2D eigenvalue weighted by Crippen LogP contribution is 2.10. The van der Waals surface area contributed by atoms with E-state index < -0.39 is 0 Å². The fraction of sp³-hybridized carbons (Fsp3) is 0.150. The predicted octanol–water partition coefficient (Wildman–Crippen LogP) is 3.98. The van der Waals surface area contributed by atoms with Crippen molar-refractivity contribution >= 4 is 23.5 Å². The number of amides is 1. The van der Waals surface area contributed by atoms with Gasteiger partial charge >= 0.3 is 0 Å². The normalized spacial score (nSPS) is 10.4. The second-order valence-corrected chi connectivity index (χ2v) is 6.38. The van der Waals surface area contributed by atoms with E-state index in [0.29, 0.717) is 29.6 Å². The van der Waals surface area contributed by atoms with Crippen LogP contribution in [0, 0.1) is 6.92 Å². The molecule has 1 aromatic heterocycles. The SMILES string of the molecule is Cc1ccc(CNc2ncc(C(=O)NCc3ccc(Cl)cc3)cn2)cc1. The van der Waals surface area contributed by atoms with Gasteiger partial charge in [-0.1, -0.05) is 53.6 Å². The van der Waals surface area contributed by atoms with Crippen molar-refractivity contribution in [1.29, 1.82) is 0 Å². The Morgan fingerprint density at radius 2 is 1.50 bits per heavy atom. The highest BCUT2D eigenvalue weighted by molar-refractivity contribution is 6.30. The highest BCUT2D eigenvalue weighted by atomic mass is 35.5. The van der Waals surface area contributed by atoms with Crippen LogP contribution in [0.1, 0.15) is 27.0 Å². The first-order valence-electron chi connectivity index (χ1n) is 8.24. The predicted molar refractivity (Wildman–Crippen MR) is 103 cm³/mol. The summed E-state index contributed by atoms with van der Waals surface area (Å²) in [5, 5.41) is 6.65. The molecule has 0 spiro atoms. The Kier molecular flexibility index (Phi) is 5.81. The van der Waals surface area contributed by atoms with Gasteiger partial charge in [0.25, 0.3) is 5.91 Å². The molecule has 0 atom stereocenters. The fourth-order valence-electron chi connectivity index (χ4n) is 2.31. The van der Waals surface area contributed by atoms with Gasteiger partial charge in [-0.2, -0.15) is 0 Å². The number of anilines is 1. The largest absolute Gasteiger partial charge is 0.350 e. The molecule has 1 amide bonds. The minimum absolute atomic E-state index is 0.218. The molecule has 0 aliphatic rings. The molecule has 0 bridgehead atoms. The van der Waals surface area contributed by atoms with Crippen molar-refractivity contribution in [2.24, 2.45) is 0 Å². The van der Waals surface area contributed by atoms with Crippen LogP contribution in [0.25, 0.3) is 0 Å². The molecule has 1 heterocycles. The first kappa shape index (κ1) is 17.9. The van der Waals surface area contributed by atoms with Crippen LogP contribution in [0.3, 0.4) is 0 Å². The summed E-state index contributed by atoms with van der Waals surface area (Å²) in [6.07, 6.45) is 3.03. The first-order valence-corrected chi connectivity index (χ1v) is 8.62. The molecule has 0 radical (unpaired) electrons. The quantitative estimate of drug-likeness (QED) is 0.692. The number of benzene rings is 2. The third-order valence-corrected chi connectivity index (χ3v) is 4.10. The van der Waals surface area contributed by atoms with E-state index >= 15 is 0 Å². The summed E-state index contributed by atoms with van der Waals surface area (Å²) in [4.78, 5) is 20.6. The highest BCUT2D eigenvalue weighted by Gasteiger charge is 2.07. The Morgan fingerprint density at radius 3 is 2.15 bits per heavy atom. The van der Waals surface area contributed by atoms with E-state index in [2.05, 4.69) is 51.8 Å². The van der Waals surface area contributed by atoms with Gasteiger partial charge in [0, 0.05) is 30.5 Å². The molecule has 0 fully saturated rings. The summed E-state index contributed by atoms with van der Waals surface area (Å²) in [5.41, 5.74) is 3.75. The summed E-state index contributed by atoms with van der Waals surface area (Å²) < 4.78 is 0. The van der Waals surface area contributed by atoms with Gasteiger partial charge in [0.15, 0.2) is 0 Å². The van der Waals surface area contributed by atoms with Crippen molar-refractivity contribution in [3.8, 4) is 0 Å². The molecule has 2 aromatic carbocycles. The summed E-state index contributed by atoms with van der Waals surface area (Å²) in [5.74, 6) is 0.268. The molecule has 26 heavy (non-hydrogen) atoms. The van der Waals surface area contributed by atoms with Gasteiger partial charge in [0.2, 0.25) is 5.95 Å². The third-order valence-electron chi connectivity index (χ3n) is 3.85. The maximum absolute atomic E-state index is 12.2. The average Bonchev–Trinajstić information content (AvgIpc) is 2.67. The molecular formula is C20H19ClN4O. The molecule has 2 N–H and O–H groups in total. The van der Waals surface area contributed by atoms with E-state index in [4.69, 9.17) is 11.6 Å². The van der Waals surface area contributed by atoms with Gasteiger partial charge in [-0.05, 0) is 30.2 Å². The number of nitrogens with zero attached hydrogens (tertiary/aromatic N) is 2. The van der Waals surface area contributed by atoms with Crippen LogP contribution in [0.4, 0.5) is 5.95 Å². The first-order chi connectivity index (χ1) is 12.6. The molecule has 5 nitrogen and oxygen atoms in total. The molecule has 0 aliphatic carbocycles. The second kappa shape index (κ2) is 8.45. The summed E-state index contributed by atoms with van der Waals surface area (Å²) in [7, 11) is 0. The van der Waals surface area contributed by atoms with Crippen molar-refractivity contribution in [2.45, 2.75) is 20.0 Å². The summed E-state index contributed by atoms with van der Waals surface area (Å²) in [6.45, 7) is 3.10. The van der Waals surface area contributed by atoms with Crippen LogP contribution in [0.5, 0.6) is 0 Å². The van der Waals surface area contributed by atoms with E-state index in [1.807, 2.05) is 12.1 Å². The Morgan fingerprint density at radius 1 is 0.923 bits per heavy atom. The third kappa shape index (κ3) is 5.04. The lowest BCUT2D eigenvalue weighted by molar-refractivity contribution is 0.0950. The maximum Gasteiger partial charge on any atom is 0.254 e. The van der Waals surface area contributed by atoms with Gasteiger partial charge in [0.1, 0.15) is 0 Å². The zero-order valence-corrected chi connectivity index (χ0v) is 15.1. The van der Waals surface area contributed by atoms with Crippen molar-refractivity contribution in [3.63, 3.8) is 0 Å². The lowest BCUT2D eigenvalue weighted by atomic mass is 10.1. The second-order valence-electron chi connectivity index (χ2n) is 5.94. The topological polar surface area (TPSA) is 66.9 Å². The van der Waals surface area contributed by atoms with Crippen molar-refractivity contribution in [3.05, 3.63) is 88.2 Å². The van der Waals surface area contributed by atoms with Gasteiger partial charge in [0.05, 0.1) is 5.56 Å². The Hall–Kier alpha value is -2.92. The molecule has 0 saturated heterocycles. The molecule has 6 heteroatoms. The molecule has 132 valence electrons. The lowest BCUT2D eigenvalue weighted by Crippen LogP contribution is -2.23. The molecule has 3 rings (SSSR count). The maximum atomic E-state index is 12.2. The van der Waals surface area contributed by atoms with E-state index in [1.54, 1.807) is 12.1 Å². The van der Waals surface area contributed by atoms with Crippen LogP contribution < -0.4 is 10.6 Å². The summed E-state index contributed by atoms with van der Waals surface area (Å²) in [6, 6.07) is 15.6. The van der Waals surface area contributed by atoms with Crippen LogP contribution in [-0.4, -0.2) is 15.9 Å². The lowest BCUT2D eigenvalue weighted by Gasteiger charge is -2.07. The zero-order valence-electron chi connectivity index (χ0n) is 14.4. The zero-order chi connectivity index (χ0) is 18.4. The van der Waals surface area contributed by atoms with Gasteiger partial charge < -0.3 is 10.6 Å².